The van der Waals surface area contributed by atoms with Gasteiger partial charge in [-0.2, -0.15) is 0 Å². The summed E-state index contributed by atoms with van der Waals surface area (Å²) < 4.78 is 4.60. The van der Waals surface area contributed by atoms with Crippen molar-refractivity contribution in [3.63, 3.8) is 0 Å². The number of rotatable bonds is 7. The van der Waals surface area contributed by atoms with Crippen LogP contribution < -0.4 is 10.9 Å². The second kappa shape index (κ2) is 6.26. The van der Waals surface area contributed by atoms with Gasteiger partial charge in [0.2, 0.25) is 11.9 Å². The number of imidazole rings is 2. The summed E-state index contributed by atoms with van der Waals surface area (Å²) in [5.74, 6) is 3.27. The number of hydrogen-bond donors (Lipinski definition) is 2. The third-order valence-electron chi connectivity index (χ3n) is 5.87. The Morgan fingerprint density at radius 3 is 1.54 bits per heavy atom. The van der Waals surface area contributed by atoms with E-state index in [0.29, 0.717) is 0 Å². The van der Waals surface area contributed by atoms with Crippen molar-refractivity contribution in [3.05, 3.63) is 48.5 Å². The molecule has 2 saturated carbocycles. The molecule has 0 bridgehead atoms. The standard InChI is InChI=1S/C22H24N6/c1-3-7-19-17(5-1)23-21(27(19)13-15-9-10-15)25-26-22-24-18-6-2-4-8-20(18)28(22)14-16-11-12-16/h1-8,15-16H,9-14H2,(H,23,25)(H,24,26). The molecule has 2 aliphatic rings. The van der Waals surface area contributed by atoms with E-state index >= 15 is 0 Å². The molecule has 0 aliphatic heterocycles. The predicted molar refractivity (Wildman–Crippen MR) is 112 cm³/mol. The topological polar surface area (TPSA) is 59.7 Å². The number of hydrazine groups is 1. The summed E-state index contributed by atoms with van der Waals surface area (Å²) in [6.45, 7) is 2.03. The van der Waals surface area contributed by atoms with Crippen LogP contribution in [0.3, 0.4) is 0 Å². The Balaban J connectivity index is 1.33. The lowest BCUT2D eigenvalue weighted by Gasteiger charge is -2.13. The van der Waals surface area contributed by atoms with E-state index in [2.05, 4.69) is 56.4 Å². The highest BCUT2D eigenvalue weighted by molar-refractivity contribution is 5.80. The first-order chi connectivity index (χ1) is 13.8. The molecule has 0 saturated heterocycles. The van der Waals surface area contributed by atoms with Crippen LogP contribution in [0, 0.1) is 11.8 Å². The Morgan fingerprint density at radius 2 is 1.11 bits per heavy atom. The lowest BCUT2D eigenvalue weighted by Crippen LogP contribution is -2.18. The Morgan fingerprint density at radius 1 is 0.679 bits per heavy atom. The van der Waals surface area contributed by atoms with Gasteiger partial charge in [-0.05, 0) is 61.8 Å². The second-order valence-electron chi connectivity index (χ2n) is 8.21. The van der Waals surface area contributed by atoms with Crippen LogP contribution in [0.1, 0.15) is 25.7 Å². The SMILES string of the molecule is c1ccc2c(c1)nc(NNc1nc3ccccc3n1CC1CC1)n2CC1CC1. The van der Waals surface area contributed by atoms with E-state index in [4.69, 9.17) is 9.97 Å². The Hall–Kier alpha value is -3.02. The van der Waals surface area contributed by atoms with E-state index in [1.165, 1.54) is 36.7 Å². The number of nitrogens with zero attached hydrogens (tertiary/aromatic N) is 4. The van der Waals surface area contributed by atoms with Crippen molar-refractivity contribution in [2.45, 2.75) is 38.8 Å². The Bertz CT molecular complexity index is 1060. The number of benzene rings is 2. The van der Waals surface area contributed by atoms with Gasteiger partial charge in [0.1, 0.15) is 0 Å². The monoisotopic (exact) mass is 372 g/mol. The van der Waals surface area contributed by atoms with Crippen LogP contribution in [-0.2, 0) is 13.1 Å². The normalized spacial score (nSPS) is 16.7. The number of anilines is 2. The summed E-state index contributed by atoms with van der Waals surface area (Å²) in [7, 11) is 0. The van der Waals surface area contributed by atoms with Gasteiger partial charge in [0.15, 0.2) is 0 Å². The van der Waals surface area contributed by atoms with Gasteiger partial charge in [0.05, 0.1) is 22.1 Å². The van der Waals surface area contributed by atoms with Crippen molar-refractivity contribution >= 4 is 34.0 Å². The molecule has 2 aromatic carbocycles. The molecule has 0 atom stereocenters. The molecule has 2 fully saturated rings. The smallest absolute Gasteiger partial charge is 0.223 e. The van der Waals surface area contributed by atoms with Gasteiger partial charge in [-0.3, -0.25) is 10.9 Å². The number of hydrogen-bond acceptors (Lipinski definition) is 4. The van der Waals surface area contributed by atoms with E-state index in [1.54, 1.807) is 0 Å². The molecule has 6 rings (SSSR count). The van der Waals surface area contributed by atoms with Gasteiger partial charge >= 0.3 is 0 Å². The summed E-state index contributed by atoms with van der Waals surface area (Å²) >= 11 is 0. The second-order valence-corrected chi connectivity index (χ2v) is 8.21. The summed E-state index contributed by atoms with van der Waals surface area (Å²) in [4.78, 5) is 9.64. The van der Waals surface area contributed by atoms with Crippen LogP contribution in [0.15, 0.2) is 48.5 Å². The van der Waals surface area contributed by atoms with E-state index in [0.717, 1.165) is 47.9 Å². The minimum Gasteiger partial charge on any atom is -0.309 e. The molecule has 2 aromatic heterocycles. The van der Waals surface area contributed by atoms with E-state index in [9.17, 15) is 0 Å². The molecule has 6 heteroatoms. The fraction of sp³-hybridized carbons (Fsp3) is 0.364. The number of para-hydroxylation sites is 4. The highest BCUT2D eigenvalue weighted by Crippen LogP contribution is 2.34. The van der Waals surface area contributed by atoms with Crippen molar-refractivity contribution in [1.29, 1.82) is 0 Å². The highest BCUT2D eigenvalue weighted by atomic mass is 15.5. The fourth-order valence-corrected chi connectivity index (χ4v) is 3.94. The van der Waals surface area contributed by atoms with Crippen molar-refractivity contribution < 1.29 is 0 Å². The molecule has 6 nitrogen and oxygen atoms in total. The fourth-order valence-electron chi connectivity index (χ4n) is 3.94. The average molecular weight is 372 g/mol. The Labute approximate surface area is 163 Å². The molecular weight excluding hydrogens is 348 g/mol. The zero-order chi connectivity index (χ0) is 18.5. The summed E-state index contributed by atoms with van der Waals surface area (Å²) in [5, 5.41) is 0. The molecule has 0 unspecified atom stereocenters. The molecule has 0 radical (unpaired) electrons. The number of nitrogens with one attached hydrogen (secondary N) is 2. The van der Waals surface area contributed by atoms with Gasteiger partial charge in [-0.1, -0.05) is 24.3 Å². The first-order valence-corrected chi connectivity index (χ1v) is 10.3. The molecule has 0 spiro atoms. The van der Waals surface area contributed by atoms with Gasteiger partial charge in [-0.25, -0.2) is 9.97 Å². The van der Waals surface area contributed by atoms with Crippen molar-refractivity contribution in [2.24, 2.45) is 11.8 Å². The molecule has 2 aliphatic carbocycles. The lowest BCUT2D eigenvalue weighted by atomic mass is 10.3. The molecule has 142 valence electrons. The average Bonchev–Trinajstić information content (AvgIpc) is 3.63. The maximum absolute atomic E-state index is 4.82. The third kappa shape index (κ3) is 2.89. The van der Waals surface area contributed by atoms with E-state index in [-0.39, 0.29) is 0 Å². The molecule has 28 heavy (non-hydrogen) atoms. The zero-order valence-corrected chi connectivity index (χ0v) is 15.8. The zero-order valence-electron chi connectivity index (χ0n) is 15.8. The first kappa shape index (κ1) is 16.0. The van der Waals surface area contributed by atoms with Crippen LogP contribution in [0.25, 0.3) is 22.1 Å². The van der Waals surface area contributed by atoms with Crippen LogP contribution in [0.2, 0.25) is 0 Å². The molecular formula is C22H24N6. The minimum absolute atomic E-state index is 0.776. The highest BCUT2D eigenvalue weighted by Gasteiger charge is 2.26. The van der Waals surface area contributed by atoms with Gasteiger partial charge in [0.25, 0.3) is 0 Å². The van der Waals surface area contributed by atoms with Crippen LogP contribution in [-0.4, -0.2) is 19.1 Å². The summed E-state index contributed by atoms with van der Waals surface area (Å²) in [5.41, 5.74) is 11.2. The van der Waals surface area contributed by atoms with Gasteiger partial charge < -0.3 is 9.13 Å². The minimum atomic E-state index is 0.776. The van der Waals surface area contributed by atoms with Crippen molar-refractivity contribution in [2.75, 3.05) is 10.9 Å². The van der Waals surface area contributed by atoms with E-state index < -0.39 is 0 Å². The van der Waals surface area contributed by atoms with Crippen molar-refractivity contribution in [3.8, 4) is 0 Å². The number of fused-ring (bicyclic) bond motifs is 2. The van der Waals surface area contributed by atoms with Crippen molar-refractivity contribution in [1.82, 2.24) is 19.1 Å². The predicted octanol–water partition coefficient (Wildman–Crippen LogP) is 4.65. The molecule has 0 amide bonds. The molecule has 2 N–H and O–H groups in total. The lowest BCUT2D eigenvalue weighted by molar-refractivity contribution is 0.642. The quantitative estimate of drug-likeness (QED) is 0.464. The van der Waals surface area contributed by atoms with Crippen LogP contribution in [0.5, 0.6) is 0 Å². The molecule has 4 aromatic rings. The third-order valence-corrected chi connectivity index (χ3v) is 5.87. The summed E-state index contributed by atoms with van der Waals surface area (Å²) in [6.07, 6.45) is 5.26. The maximum Gasteiger partial charge on any atom is 0.223 e. The maximum atomic E-state index is 4.82. The largest absolute Gasteiger partial charge is 0.309 e. The summed E-state index contributed by atoms with van der Waals surface area (Å²) in [6, 6.07) is 16.7. The van der Waals surface area contributed by atoms with Gasteiger partial charge in [-0.15, -0.1) is 0 Å². The Kier molecular flexibility index (Phi) is 3.57. The van der Waals surface area contributed by atoms with Crippen LogP contribution in [0.4, 0.5) is 11.9 Å². The molecule has 2 heterocycles. The first-order valence-electron chi connectivity index (χ1n) is 10.3. The number of aromatic nitrogens is 4. The van der Waals surface area contributed by atoms with Crippen LogP contribution >= 0.6 is 0 Å². The van der Waals surface area contributed by atoms with Gasteiger partial charge in [0, 0.05) is 13.1 Å². The van der Waals surface area contributed by atoms with E-state index in [1.807, 2.05) is 12.1 Å².